The number of aliphatic hydroxyl groups excluding tert-OH is 1. The third kappa shape index (κ3) is 10.1. The molecule has 1 aromatic carbocycles. The molecule has 4 atom stereocenters. The average molecular weight is 751 g/mol. The quantitative estimate of drug-likeness (QED) is 0.0575. The fourth-order valence-corrected chi connectivity index (χ4v) is 6.66. The highest BCUT2D eigenvalue weighted by Crippen LogP contribution is 2.49. The molecule has 50 heavy (non-hydrogen) atoms. The highest BCUT2D eigenvalue weighted by atomic mass is 32.2. The van der Waals surface area contributed by atoms with Gasteiger partial charge in [-0.25, -0.2) is 9.36 Å². The summed E-state index contributed by atoms with van der Waals surface area (Å²) in [5, 5.41) is 9.86. The van der Waals surface area contributed by atoms with Crippen LogP contribution >= 0.6 is 19.6 Å². The van der Waals surface area contributed by atoms with E-state index in [0.717, 1.165) is 4.57 Å². The van der Waals surface area contributed by atoms with Crippen molar-refractivity contribution in [3.8, 4) is 17.2 Å². The lowest BCUT2D eigenvalue weighted by Crippen LogP contribution is -2.49. The van der Waals surface area contributed by atoms with Gasteiger partial charge in [-0.3, -0.25) is 33.0 Å². The van der Waals surface area contributed by atoms with E-state index in [9.17, 15) is 33.7 Å². The number of hydrogen-bond donors (Lipinski definition) is 3. The Balaban J connectivity index is 1.76. The number of H-pyrrole nitrogens is 1. The number of nitrogens with zero attached hydrogens (tertiary/aromatic N) is 1. The van der Waals surface area contributed by atoms with Crippen molar-refractivity contribution in [2.75, 3.05) is 60.3 Å². The summed E-state index contributed by atoms with van der Waals surface area (Å²) in [5.74, 6) is -0.504. The number of esters is 2. The number of rotatable bonds is 20. The molecule has 1 fully saturated rings. The van der Waals surface area contributed by atoms with Crippen LogP contribution in [-0.4, -0.2) is 104 Å². The molecule has 0 saturated carbocycles. The summed E-state index contributed by atoms with van der Waals surface area (Å²) < 4.78 is 62.6. The van der Waals surface area contributed by atoms with E-state index in [1.807, 2.05) is 0 Å². The second-order valence-corrected chi connectivity index (χ2v) is 13.1. The van der Waals surface area contributed by atoms with Crippen molar-refractivity contribution < 1.29 is 66.4 Å². The van der Waals surface area contributed by atoms with E-state index in [0.29, 0.717) is 28.6 Å². The van der Waals surface area contributed by atoms with E-state index < -0.39 is 74.7 Å². The predicted molar refractivity (Wildman–Crippen MR) is 176 cm³/mol. The van der Waals surface area contributed by atoms with Gasteiger partial charge in [-0.2, -0.15) is 0 Å². The summed E-state index contributed by atoms with van der Waals surface area (Å²) in [5.41, 5.74) is -2.87. The second kappa shape index (κ2) is 18.7. The Labute approximate surface area is 291 Å². The monoisotopic (exact) mass is 750 g/mol. The molecule has 1 saturated heterocycles. The molecule has 18 nitrogen and oxygen atoms in total. The SMILES string of the molecule is CCOC(=O)C(COCSCc1c(OC)cc(OC)cc1OC)(COP(=O)(O)OC1C[C@H](n2cc(C)c(=O)[nH]c2=O)O[C@@H]1CO)C(=O)OCC. The minimum atomic E-state index is -5.11. The number of hydrogen-bond acceptors (Lipinski definition) is 16. The van der Waals surface area contributed by atoms with Gasteiger partial charge in [0.1, 0.15) is 35.7 Å². The molecule has 2 heterocycles. The molecule has 2 unspecified atom stereocenters. The van der Waals surface area contributed by atoms with Gasteiger partial charge < -0.3 is 43.2 Å². The van der Waals surface area contributed by atoms with Crippen LogP contribution in [0.5, 0.6) is 17.2 Å². The summed E-state index contributed by atoms with van der Waals surface area (Å²) in [6.07, 6.45) is -2.53. The molecule has 0 radical (unpaired) electrons. The average Bonchev–Trinajstić information content (AvgIpc) is 3.48. The van der Waals surface area contributed by atoms with E-state index in [4.69, 9.17) is 42.2 Å². The first-order valence-corrected chi connectivity index (χ1v) is 18.0. The number of aliphatic hydroxyl groups is 1. The zero-order valence-electron chi connectivity index (χ0n) is 28.5. The van der Waals surface area contributed by atoms with Crippen molar-refractivity contribution in [2.24, 2.45) is 5.41 Å². The number of benzene rings is 1. The van der Waals surface area contributed by atoms with Crippen LogP contribution in [0.3, 0.4) is 0 Å². The van der Waals surface area contributed by atoms with Gasteiger partial charge in [0.2, 0.25) is 5.41 Å². The minimum absolute atomic E-state index is 0.0746. The molecular weight excluding hydrogens is 707 g/mol. The zero-order valence-corrected chi connectivity index (χ0v) is 30.2. The largest absolute Gasteiger partial charge is 0.496 e. The fourth-order valence-electron chi connectivity index (χ4n) is 4.88. The van der Waals surface area contributed by atoms with Crippen LogP contribution < -0.4 is 25.5 Å². The van der Waals surface area contributed by atoms with Crippen molar-refractivity contribution in [1.29, 1.82) is 0 Å². The maximum Gasteiger partial charge on any atom is 0.472 e. The van der Waals surface area contributed by atoms with E-state index in [2.05, 4.69) is 4.98 Å². The molecule has 1 aliphatic rings. The molecule has 0 spiro atoms. The maximum absolute atomic E-state index is 13.3. The summed E-state index contributed by atoms with van der Waals surface area (Å²) >= 11 is 1.24. The molecule has 1 aliphatic heterocycles. The first-order valence-electron chi connectivity index (χ1n) is 15.3. The predicted octanol–water partition coefficient (Wildman–Crippen LogP) is 1.67. The Morgan fingerprint density at radius 1 is 1.06 bits per heavy atom. The van der Waals surface area contributed by atoms with E-state index in [1.165, 1.54) is 60.1 Å². The molecule has 2 aromatic rings. The molecule has 20 heteroatoms. The lowest BCUT2D eigenvalue weighted by Gasteiger charge is -2.29. The normalized spacial score (nSPS) is 18.7. The number of aromatic nitrogens is 2. The number of methoxy groups -OCH3 is 3. The van der Waals surface area contributed by atoms with Crippen LogP contribution in [0, 0.1) is 12.3 Å². The molecule has 3 rings (SSSR count). The van der Waals surface area contributed by atoms with Crippen LogP contribution in [0.25, 0.3) is 0 Å². The first-order chi connectivity index (χ1) is 23.8. The third-order valence-corrected chi connectivity index (χ3v) is 9.29. The standard InChI is InChI=1S/C30H43N2O16PS/c1-7-44-27(35)30(28(36)45-8-2,15-43-17-50-14-20-21(41-5)9-19(40-4)10-22(20)42-6)16-46-49(38,39)48-23-11-25(47-24(23)13-33)32-12-18(3)26(34)31-29(32)37/h9-10,12,23-25,33H,7-8,11,13-17H2,1-6H3,(H,38,39)(H,31,34,37)/t23?,24-,25-/m1/s1. The van der Waals surface area contributed by atoms with Gasteiger partial charge in [-0.1, -0.05) is 0 Å². The third-order valence-electron chi connectivity index (χ3n) is 7.47. The summed E-state index contributed by atoms with van der Waals surface area (Å²) in [6.45, 7) is 1.77. The summed E-state index contributed by atoms with van der Waals surface area (Å²) in [6, 6.07) is 3.37. The van der Waals surface area contributed by atoms with Crippen LogP contribution in [0.4, 0.5) is 0 Å². The van der Waals surface area contributed by atoms with E-state index >= 15 is 0 Å². The summed E-state index contributed by atoms with van der Waals surface area (Å²) in [4.78, 5) is 63.6. The Morgan fingerprint density at radius 2 is 1.68 bits per heavy atom. The number of phosphoric ester groups is 1. The Morgan fingerprint density at radius 3 is 2.22 bits per heavy atom. The van der Waals surface area contributed by atoms with Gasteiger partial charge in [0.05, 0.1) is 60.3 Å². The van der Waals surface area contributed by atoms with Crippen molar-refractivity contribution in [1.82, 2.24) is 9.55 Å². The van der Waals surface area contributed by atoms with Gasteiger partial charge in [0.15, 0.2) is 0 Å². The second-order valence-electron chi connectivity index (χ2n) is 10.8. The smallest absolute Gasteiger partial charge is 0.472 e. The Bertz CT molecular complexity index is 1590. The van der Waals surface area contributed by atoms with Crippen LogP contribution in [-0.2, 0) is 47.9 Å². The van der Waals surface area contributed by atoms with Gasteiger partial charge in [-0.05, 0) is 20.8 Å². The summed E-state index contributed by atoms with van der Waals surface area (Å²) in [7, 11) is -0.623. The number of aromatic amines is 1. The van der Waals surface area contributed by atoms with Gasteiger partial charge in [-0.15, -0.1) is 11.8 Å². The molecule has 3 N–H and O–H groups in total. The lowest BCUT2D eigenvalue weighted by molar-refractivity contribution is -0.179. The molecule has 0 bridgehead atoms. The van der Waals surface area contributed by atoms with E-state index in [-0.39, 0.29) is 31.1 Å². The highest BCUT2D eigenvalue weighted by molar-refractivity contribution is 7.98. The highest BCUT2D eigenvalue weighted by Gasteiger charge is 2.52. The molecule has 280 valence electrons. The first kappa shape index (κ1) is 41.0. The zero-order chi connectivity index (χ0) is 37.1. The van der Waals surface area contributed by atoms with Gasteiger partial charge in [0, 0.05) is 41.6 Å². The van der Waals surface area contributed by atoms with Crippen LogP contribution in [0.1, 0.15) is 37.6 Å². The van der Waals surface area contributed by atoms with Crippen molar-refractivity contribution in [3.05, 3.63) is 50.3 Å². The fraction of sp³-hybridized carbons (Fsp3) is 0.600. The Kier molecular flexibility index (Phi) is 15.3. The minimum Gasteiger partial charge on any atom is -0.496 e. The topological polar surface area (TPSA) is 230 Å². The number of aryl methyl sites for hydroxylation is 1. The van der Waals surface area contributed by atoms with Crippen molar-refractivity contribution in [3.63, 3.8) is 0 Å². The van der Waals surface area contributed by atoms with Gasteiger partial charge in [0.25, 0.3) is 5.56 Å². The van der Waals surface area contributed by atoms with Crippen LogP contribution in [0.2, 0.25) is 0 Å². The Hall–Kier alpha value is -3.42. The molecule has 0 aliphatic carbocycles. The van der Waals surface area contributed by atoms with Crippen LogP contribution in [0.15, 0.2) is 27.9 Å². The molecule has 0 amide bonds. The number of nitrogens with one attached hydrogen (secondary N) is 1. The number of carbonyl (C=O) groups excluding carboxylic acids is 2. The molecular formula is C30H43N2O16PS. The van der Waals surface area contributed by atoms with Gasteiger partial charge >= 0.3 is 25.5 Å². The number of thioether (sulfide) groups is 1. The number of carbonyl (C=O) groups is 2. The van der Waals surface area contributed by atoms with E-state index in [1.54, 1.807) is 12.1 Å². The lowest BCUT2D eigenvalue weighted by atomic mass is 9.90. The van der Waals surface area contributed by atoms with Crippen molar-refractivity contribution >= 4 is 31.5 Å². The maximum atomic E-state index is 13.3. The van der Waals surface area contributed by atoms with Crippen molar-refractivity contribution in [2.45, 2.75) is 51.4 Å². The number of phosphoric acid groups is 1. The number of ether oxygens (including phenoxy) is 7. The molecule has 1 aromatic heterocycles.